The van der Waals surface area contributed by atoms with Crippen LogP contribution in [0.3, 0.4) is 0 Å². The van der Waals surface area contributed by atoms with Gasteiger partial charge in [-0.1, -0.05) is 12.1 Å². The molecule has 3 aromatic rings. The Hall–Kier alpha value is -2.89. The van der Waals surface area contributed by atoms with Gasteiger partial charge < -0.3 is 0 Å². The molecule has 7 nitrogen and oxygen atoms in total. The molecule has 1 saturated carbocycles. The van der Waals surface area contributed by atoms with Gasteiger partial charge in [0.2, 0.25) is 10.0 Å². The molecule has 0 atom stereocenters. The molecule has 1 aliphatic rings. The topological polar surface area (TPSA) is 96.9 Å². The molecule has 1 aliphatic carbocycles. The van der Waals surface area contributed by atoms with Crippen LogP contribution in [0.15, 0.2) is 52.2 Å². The summed E-state index contributed by atoms with van der Waals surface area (Å²) < 4.78 is 31.1. The number of hydrogen-bond acceptors (Lipinski definition) is 4. The third-order valence-corrected chi connectivity index (χ3v) is 6.87. The monoisotopic (exact) mass is 396 g/mol. The largest absolute Gasteiger partial charge is 0.329 e. The van der Waals surface area contributed by atoms with Crippen molar-refractivity contribution in [3.8, 4) is 6.07 Å². The van der Waals surface area contributed by atoms with Crippen LogP contribution < -0.4 is 10.4 Å². The minimum Gasteiger partial charge on any atom is -0.295 e. The van der Waals surface area contributed by atoms with Crippen molar-refractivity contribution in [1.29, 1.82) is 5.26 Å². The zero-order valence-electron chi connectivity index (χ0n) is 15.6. The van der Waals surface area contributed by atoms with Crippen LogP contribution in [0.1, 0.15) is 30.9 Å². The number of benzene rings is 2. The van der Waals surface area contributed by atoms with Gasteiger partial charge in [-0.2, -0.15) is 5.26 Å². The molecule has 0 spiro atoms. The maximum Gasteiger partial charge on any atom is 0.329 e. The van der Waals surface area contributed by atoms with E-state index in [-0.39, 0.29) is 16.1 Å². The van der Waals surface area contributed by atoms with Gasteiger partial charge in [0.1, 0.15) is 0 Å². The highest BCUT2D eigenvalue weighted by molar-refractivity contribution is 7.89. The van der Waals surface area contributed by atoms with Crippen molar-refractivity contribution in [1.82, 2.24) is 13.9 Å². The lowest BCUT2D eigenvalue weighted by molar-refractivity contribution is 0.558. The Kier molecular flexibility index (Phi) is 4.17. The number of aryl methyl sites for hydroxylation is 1. The molecule has 1 heterocycles. The number of rotatable bonds is 5. The van der Waals surface area contributed by atoms with E-state index in [4.69, 9.17) is 5.26 Å². The van der Waals surface area contributed by atoms with Gasteiger partial charge in [0.25, 0.3) is 0 Å². The number of hydrogen-bond donors (Lipinski definition) is 1. The minimum atomic E-state index is -3.64. The Morgan fingerprint density at radius 2 is 1.82 bits per heavy atom. The van der Waals surface area contributed by atoms with Crippen LogP contribution in [0.2, 0.25) is 0 Å². The Balaban J connectivity index is 1.74. The van der Waals surface area contributed by atoms with E-state index < -0.39 is 10.0 Å². The molecule has 1 aromatic heterocycles. The first-order valence-electron chi connectivity index (χ1n) is 8.95. The van der Waals surface area contributed by atoms with Gasteiger partial charge in [-0.15, -0.1) is 0 Å². The second-order valence-electron chi connectivity index (χ2n) is 7.55. The average Bonchev–Trinajstić information content (AvgIpc) is 3.35. The third kappa shape index (κ3) is 3.23. The maximum atomic E-state index is 12.7. The lowest BCUT2D eigenvalue weighted by Crippen LogP contribution is -2.34. The minimum absolute atomic E-state index is 0.152. The Morgan fingerprint density at radius 1 is 1.14 bits per heavy atom. The fraction of sp³-hybridized carbons (Fsp3) is 0.300. The molecule has 0 radical (unpaired) electrons. The van der Waals surface area contributed by atoms with Crippen LogP contribution in [-0.4, -0.2) is 23.1 Å². The van der Waals surface area contributed by atoms with E-state index in [1.54, 1.807) is 35.9 Å². The van der Waals surface area contributed by atoms with Gasteiger partial charge in [-0.05, 0) is 55.7 Å². The van der Waals surface area contributed by atoms with Gasteiger partial charge in [0, 0.05) is 12.6 Å². The smallest absolute Gasteiger partial charge is 0.295 e. The zero-order chi connectivity index (χ0) is 20.1. The average molecular weight is 396 g/mol. The number of nitrogens with zero attached hydrogens (tertiary/aromatic N) is 3. The lowest BCUT2D eigenvalue weighted by Gasteiger charge is -2.12. The zero-order valence-corrected chi connectivity index (χ0v) is 16.5. The van der Waals surface area contributed by atoms with Gasteiger partial charge in [-0.25, -0.2) is 17.9 Å². The number of aromatic nitrogens is 2. The fourth-order valence-corrected chi connectivity index (χ4v) is 4.73. The predicted octanol–water partition coefficient (Wildman–Crippen LogP) is 2.09. The molecule has 0 amide bonds. The van der Waals surface area contributed by atoms with Crippen molar-refractivity contribution in [2.24, 2.45) is 7.05 Å². The second-order valence-corrected chi connectivity index (χ2v) is 9.24. The van der Waals surface area contributed by atoms with Gasteiger partial charge in [0.05, 0.1) is 34.1 Å². The van der Waals surface area contributed by atoms with Crippen molar-refractivity contribution in [3.63, 3.8) is 0 Å². The summed E-state index contributed by atoms with van der Waals surface area (Å²) in [6.07, 6.45) is 1.65. The summed E-state index contributed by atoms with van der Waals surface area (Å²) in [5.74, 6) is 0. The first-order valence-corrected chi connectivity index (χ1v) is 10.4. The van der Waals surface area contributed by atoms with E-state index in [2.05, 4.69) is 10.8 Å². The highest BCUT2D eigenvalue weighted by Crippen LogP contribution is 2.36. The standard InChI is InChI=1S/C20H20N4O3S/c1-20(9-10-20)22-28(26,27)16-7-8-17-18(11-16)23(2)19(25)24(17)13-15-5-3-14(12-21)4-6-15/h3-8,11,22H,9-10,13H2,1-2H3. The molecule has 8 heteroatoms. The Bertz CT molecular complexity index is 1270. The summed E-state index contributed by atoms with van der Waals surface area (Å²) in [5, 5.41) is 8.91. The van der Waals surface area contributed by atoms with E-state index in [1.165, 1.54) is 10.6 Å². The normalized spacial score (nSPS) is 15.5. The number of nitrogens with one attached hydrogen (secondary N) is 1. The highest BCUT2D eigenvalue weighted by atomic mass is 32.2. The lowest BCUT2D eigenvalue weighted by atomic mass is 10.1. The van der Waals surface area contributed by atoms with Crippen LogP contribution in [-0.2, 0) is 23.6 Å². The van der Waals surface area contributed by atoms with E-state index in [0.717, 1.165) is 18.4 Å². The van der Waals surface area contributed by atoms with Crippen LogP contribution in [0.25, 0.3) is 11.0 Å². The van der Waals surface area contributed by atoms with Gasteiger partial charge >= 0.3 is 5.69 Å². The van der Waals surface area contributed by atoms with Gasteiger partial charge in [0.15, 0.2) is 0 Å². The van der Waals surface area contributed by atoms with Crippen molar-refractivity contribution in [2.45, 2.75) is 36.7 Å². The van der Waals surface area contributed by atoms with E-state index >= 15 is 0 Å². The summed E-state index contributed by atoms with van der Waals surface area (Å²) in [6.45, 7) is 2.22. The summed E-state index contributed by atoms with van der Waals surface area (Å²) in [5.41, 5.74) is 2.07. The number of sulfonamides is 1. The Morgan fingerprint density at radius 3 is 2.43 bits per heavy atom. The first kappa shape index (κ1) is 18.5. The van der Waals surface area contributed by atoms with Crippen LogP contribution in [0.4, 0.5) is 0 Å². The molecule has 0 aliphatic heterocycles. The van der Waals surface area contributed by atoms with Crippen LogP contribution >= 0.6 is 0 Å². The maximum absolute atomic E-state index is 12.7. The first-order chi connectivity index (χ1) is 13.2. The van der Waals surface area contributed by atoms with Crippen LogP contribution in [0, 0.1) is 11.3 Å². The summed E-state index contributed by atoms with van der Waals surface area (Å²) >= 11 is 0. The molecule has 4 rings (SSSR count). The molecular weight excluding hydrogens is 376 g/mol. The summed E-state index contributed by atoms with van der Waals surface area (Å²) in [6, 6.07) is 13.8. The second kappa shape index (κ2) is 6.33. The molecule has 2 aromatic carbocycles. The molecule has 0 unspecified atom stereocenters. The van der Waals surface area contributed by atoms with E-state index in [0.29, 0.717) is 23.1 Å². The van der Waals surface area contributed by atoms with Gasteiger partial charge in [-0.3, -0.25) is 9.13 Å². The predicted molar refractivity (Wildman–Crippen MR) is 105 cm³/mol. The van der Waals surface area contributed by atoms with Crippen molar-refractivity contribution in [3.05, 3.63) is 64.1 Å². The van der Waals surface area contributed by atoms with Crippen LogP contribution in [0.5, 0.6) is 0 Å². The third-order valence-electron chi connectivity index (χ3n) is 5.23. The van der Waals surface area contributed by atoms with Crippen molar-refractivity contribution in [2.75, 3.05) is 0 Å². The molecule has 0 bridgehead atoms. The number of nitriles is 1. The quantitative estimate of drug-likeness (QED) is 0.714. The SMILES string of the molecule is Cn1c(=O)n(Cc2ccc(C#N)cc2)c2ccc(S(=O)(=O)NC3(C)CC3)cc21. The summed E-state index contributed by atoms with van der Waals surface area (Å²) in [4.78, 5) is 12.9. The van der Waals surface area contributed by atoms with E-state index in [9.17, 15) is 13.2 Å². The molecule has 28 heavy (non-hydrogen) atoms. The molecule has 0 saturated heterocycles. The van der Waals surface area contributed by atoms with Crippen molar-refractivity contribution >= 4 is 21.1 Å². The number of fused-ring (bicyclic) bond motifs is 1. The summed E-state index contributed by atoms with van der Waals surface area (Å²) in [7, 11) is -2.01. The molecular formula is C20H20N4O3S. The molecule has 1 fully saturated rings. The fourth-order valence-electron chi connectivity index (χ4n) is 3.25. The number of imidazole rings is 1. The molecule has 144 valence electrons. The van der Waals surface area contributed by atoms with E-state index in [1.807, 2.05) is 19.1 Å². The highest BCUT2D eigenvalue weighted by Gasteiger charge is 2.41. The molecule has 1 N–H and O–H groups in total. The Labute approximate surface area is 162 Å². The van der Waals surface area contributed by atoms with Crippen molar-refractivity contribution < 1.29 is 8.42 Å².